The van der Waals surface area contributed by atoms with Gasteiger partial charge in [-0.2, -0.15) is 0 Å². The number of halogens is 1. The van der Waals surface area contributed by atoms with E-state index in [4.69, 9.17) is 15.0 Å². The number of hydrogen-bond donors (Lipinski definition) is 2. The zero-order valence-corrected chi connectivity index (χ0v) is 14.6. The normalized spacial score (nSPS) is 35.6. The molecule has 1 saturated carbocycles. The summed E-state index contributed by atoms with van der Waals surface area (Å²) in [5, 5.41) is 6.89. The predicted octanol–water partition coefficient (Wildman–Crippen LogP) is 1.83. The lowest BCUT2D eigenvalue weighted by Crippen LogP contribution is -2.53. The number of anilines is 3. The zero-order valence-electron chi connectivity index (χ0n) is 14.6. The van der Waals surface area contributed by atoms with Gasteiger partial charge in [0.15, 0.2) is 5.82 Å². The fraction of sp³-hybridized carbons (Fsp3) is 0.444. The molecule has 1 aliphatic carbocycles. The van der Waals surface area contributed by atoms with Gasteiger partial charge in [-0.25, -0.2) is 9.18 Å². The summed E-state index contributed by atoms with van der Waals surface area (Å²) in [7, 11) is 0. The van der Waals surface area contributed by atoms with Crippen LogP contribution in [0.2, 0.25) is 0 Å². The van der Waals surface area contributed by atoms with Crippen molar-refractivity contribution in [3.63, 3.8) is 0 Å². The van der Waals surface area contributed by atoms with E-state index < -0.39 is 23.7 Å². The molecule has 9 heteroatoms. The van der Waals surface area contributed by atoms with Crippen molar-refractivity contribution >= 4 is 23.3 Å². The molecule has 0 radical (unpaired) electrons. The van der Waals surface area contributed by atoms with Gasteiger partial charge < -0.3 is 25.2 Å². The minimum atomic E-state index is -1.02. The Morgan fingerprint density at radius 1 is 1.33 bits per heavy atom. The molecule has 4 aliphatic rings. The molecule has 1 aromatic carbocycles. The molecule has 1 amide bonds. The molecule has 6 rings (SSSR count). The van der Waals surface area contributed by atoms with E-state index in [2.05, 4.69) is 15.4 Å². The lowest BCUT2D eigenvalue weighted by Gasteiger charge is -2.39. The monoisotopic (exact) mass is 371 g/mol. The predicted molar refractivity (Wildman–Crippen MR) is 93.8 cm³/mol. The number of benzene rings is 1. The van der Waals surface area contributed by atoms with Crippen LogP contribution in [0.3, 0.4) is 0 Å². The SMILES string of the molecule is C[C@H]1N(c2cc(F)ccc2N2CC3[C@H](N)[C@H]3C2)C(=O)O[C@]12Nc1nocc12. The van der Waals surface area contributed by atoms with Crippen LogP contribution >= 0.6 is 0 Å². The van der Waals surface area contributed by atoms with Gasteiger partial charge in [-0.3, -0.25) is 4.90 Å². The molecule has 1 aromatic heterocycles. The lowest BCUT2D eigenvalue weighted by molar-refractivity contribution is 0.0490. The van der Waals surface area contributed by atoms with Gasteiger partial charge >= 0.3 is 6.09 Å². The van der Waals surface area contributed by atoms with E-state index in [1.54, 1.807) is 6.07 Å². The molecular weight excluding hydrogens is 353 g/mol. The maximum atomic E-state index is 14.1. The second-order valence-electron chi connectivity index (χ2n) is 7.79. The van der Waals surface area contributed by atoms with E-state index >= 15 is 0 Å². The van der Waals surface area contributed by atoms with Gasteiger partial charge in [0.1, 0.15) is 23.7 Å². The summed E-state index contributed by atoms with van der Waals surface area (Å²) in [6.07, 6.45) is 0.941. The number of carbonyl (C=O) groups excluding carboxylic acids is 1. The van der Waals surface area contributed by atoms with E-state index in [0.29, 0.717) is 28.9 Å². The first kappa shape index (κ1) is 15.3. The molecule has 2 aromatic rings. The average molecular weight is 371 g/mol. The Balaban J connectivity index is 1.39. The number of amides is 1. The number of piperidine rings is 1. The molecule has 0 bridgehead atoms. The Morgan fingerprint density at radius 3 is 2.85 bits per heavy atom. The minimum absolute atomic E-state index is 0.260. The molecule has 3 aliphatic heterocycles. The Hall–Kier alpha value is -2.81. The summed E-state index contributed by atoms with van der Waals surface area (Å²) < 4.78 is 24.7. The lowest BCUT2D eigenvalue weighted by atomic mass is 9.91. The summed E-state index contributed by atoms with van der Waals surface area (Å²) in [5.41, 5.74) is 7.04. The molecule has 2 saturated heterocycles. The number of fused-ring (bicyclic) bond motifs is 3. The highest BCUT2D eigenvalue weighted by Gasteiger charge is 2.62. The smallest absolute Gasteiger partial charge is 0.416 e. The zero-order chi connectivity index (χ0) is 18.5. The summed E-state index contributed by atoms with van der Waals surface area (Å²) in [6, 6.07) is 4.39. The summed E-state index contributed by atoms with van der Waals surface area (Å²) in [5.74, 6) is 1.11. The molecule has 8 nitrogen and oxygen atoms in total. The van der Waals surface area contributed by atoms with Crippen molar-refractivity contribution in [2.24, 2.45) is 17.6 Å². The van der Waals surface area contributed by atoms with Crippen LogP contribution in [0.5, 0.6) is 0 Å². The topological polar surface area (TPSA) is 96.9 Å². The molecule has 140 valence electrons. The Bertz CT molecular complexity index is 968. The van der Waals surface area contributed by atoms with Crippen molar-refractivity contribution in [2.75, 3.05) is 28.2 Å². The van der Waals surface area contributed by atoms with Gasteiger partial charge in [-0.15, -0.1) is 0 Å². The summed E-state index contributed by atoms with van der Waals surface area (Å²) in [6.45, 7) is 3.50. The van der Waals surface area contributed by atoms with Crippen LogP contribution in [0.4, 0.5) is 26.4 Å². The molecule has 27 heavy (non-hydrogen) atoms. The van der Waals surface area contributed by atoms with Gasteiger partial charge in [0.2, 0.25) is 5.72 Å². The third-order valence-corrected chi connectivity index (χ3v) is 6.49. The number of rotatable bonds is 2. The number of nitrogens with one attached hydrogen (secondary N) is 1. The van der Waals surface area contributed by atoms with E-state index in [0.717, 1.165) is 18.8 Å². The maximum absolute atomic E-state index is 14.1. The average Bonchev–Trinajstić information content (AvgIpc) is 3.04. The van der Waals surface area contributed by atoms with Crippen LogP contribution in [0, 0.1) is 17.7 Å². The Labute approximate surface area is 154 Å². The standard InChI is InChI=1S/C18H18FN5O3/c1-8-18(12-7-26-22-16(12)21-18)27-17(25)24(8)14-4-9(19)2-3-13(14)23-5-10-11(6-23)15(10)20/h2-4,7-8,10-11,15H,5-6,20H2,1H3,(H,21,22)/t8-,10+,11?,15-,18-/m1/s1. The number of carbonyl (C=O) groups is 1. The fourth-order valence-corrected chi connectivity index (χ4v) is 4.83. The van der Waals surface area contributed by atoms with Crippen LogP contribution in [-0.2, 0) is 10.5 Å². The largest absolute Gasteiger partial charge is 0.417 e. The summed E-state index contributed by atoms with van der Waals surface area (Å²) in [4.78, 5) is 16.5. The van der Waals surface area contributed by atoms with Crippen molar-refractivity contribution in [3.8, 4) is 0 Å². The van der Waals surface area contributed by atoms with Crippen molar-refractivity contribution in [1.82, 2.24) is 5.16 Å². The first-order valence-electron chi connectivity index (χ1n) is 9.05. The first-order chi connectivity index (χ1) is 13.0. The number of nitrogens with two attached hydrogens (primary N) is 1. The molecule has 1 unspecified atom stereocenters. The molecular formula is C18H18FN5O3. The Kier molecular flexibility index (Phi) is 2.67. The van der Waals surface area contributed by atoms with E-state index in [1.165, 1.54) is 23.3 Å². The Morgan fingerprint density at radius 2 is 2.11 bits per heavy atom. The van der Waals surface area contributed by atoms with Gasteiger partial charge in [0.25, 0.3) is 0 Å². The van der Waals surface area contributed by atoms with Gasteiger partial charge in [-0.1, -0.05) is 5.16 Å². The van der Waals surface area contributed by atoms with Crippen molar-refractivity contribution < 1.29 is 18.4 Å². The number of nitrogens with zero attached hydrogens (tertiary/aromatic N) is 3. The van der Waals surface area contributed by atoms with E-state index in [9.17, 15) is 9.18 Å². The molecule has 1 spiro atoms. The van der Waals surface area contributed by atoms with Crippen LogP contribution in [0.25, 0.3) is 0 Å². The van der Waals surface area contributed by atoms with Gasteiger partial charge in [0.05, 0.1) is 11.4 Å². The quantitative estimate of drug-likeness (QED) is 0.831. The van der Waals surface area contributed by atoms with E-state index in [1.807, 2.05) is 6.92 Å². The van der Waals surface area contributed by atoms with Crippen molar-refractivity contribution in [3.05, 3.63) is 35.8 Å². The van der Waals surface area contributed by atoms with E-state index in [-0.39, 0.29) is 6.04 Å². The second kappa shape index (κ2) is 4.72. The fourth-order valence-electron chi connectivity index (χ4n) is 4.83. The van der Waals surface area contributed by atoms with Gasteiger partial charge in [0, 0.05) is 19.1 Å². The molecule has 3 N–H and O–H groups in total. The van der Waals surface area contributed by atoms with Gasteiger partial charge in [-0.05, 0) is 37.0 Å². The molecule has 5 atom stereocenters. The third kappa shape index (κ3) is 1.79. The van der Waals surface area contributed by atoms with Crippen LogP contribution < -0.4 is 20.9 Å². The second-order valence-corrected chi connectivity index (χ2v) is 7.79. The molecule has 4 heterocycles. The first-order valence-corrected chi connectivity index (χ1v) is 9.05. The highest BCUT2D eigenvalue weighted by molar-refractivity contribution is 5.97. The minimum Gasteiger partial charge on any atom is -0.416 e. The van der Waals surface area contributed by atoms with Crippen molar-refractivity contribution in [2.45, 2.75) is 24.7 Å². The highest BCUT2D eigenvalue weighted by atomic mass is 19.1. The molecule has 3 fully saturated rings. The third-order valence-electron chi connectivity index (χ3n) is 6.49. The maximum Gasteiger partial charge on any atom is 0.417 e. The van der Waals surface area contributed by atoms with Crippen LogP contribution in [-0.4, -0.2) is 36.4 Å². The van der Waals surface area contributed by atoms with Crippen LogP contribution in [0.1, 0.15) is 12.5 Å². The van der Waals surface area contributed by atoms with Crippen molar-refractivity contribution in [1.29, 1.82) is 0 Å². The number of aromatic nitrogens is 1. The number of hydrogen-bond acceptors (Lipinski definition) is 7. The van der Waals surface area contributed by atoms with Crippen LogP contribution in [0.15, 0.2) is 29.0 Å². The summed E-state index contributed by atoms with van der Waals surface area (Å²) >= 11 is 0. The highest BCUT2D eigenvalue weighted by Crippen LogP contribution is 2.52. The number of ether oxygens (including phenoxy) is 1.